The van der Waals surface area contributed by atoms with Crippen LogP contribution in [-0.2, 0) is 9.53 Å². The Hall–Kier alpha value is -0.830. The van der Waals surface area contributed by atoms with Crippen LogP contribution in [0.3, 0.4) is 0 Å². The monoisotopic (exact) mass is 214 g/mol. The van der Waals surface area contributed by atoms with Gasteiger partial charge in [-0.25, -0.2) is 4.79 Å². The molecule has 0 aromatic carbocycles. The number of hydrogen-bond donors (Lipinski definition) is 1. The lowest BCUT2D eigenvalue weighted by molar-refractivity contribution is -0.138. The van der Waals surface area contributed by atoms with Crippen LogP contribution in [0.2, 0.25) is 0 Å². The summed E-state index contributed by atoms with van der Waals surface area (Å²) in [6, 6.07) is 0. The third-order valence-corrected chi connectivity index (χ3v) is 1.93. The van der Waals surface area contributed by atoms with Gasteiger partial charge < -0.3 is 9.84 Å². The number of carbonyl (C=O) groups is 1. The second-order valence-corrected chi connectivity index (χ2v) is 3.84. The standard InChI is InChI=1S/C12H22O3/c1-4-15-12(14)11(9-10(2)3)7-5-6-8-13/h9-10,13H,4-8H2,1-3H3. The van der Waals surface area contributed by atoms with Gasteiger partial charge in [0.05, 0.1) is 6.61 Å². The zero-order valence-electron chi connectivity index (χ0n) is 9.95. The normalized spacial score (nSPS) is 11.9. The minimum absolute atomic E-state index is 0.178. The maximum absolute atomic E-state index is 11.5. The van der Waals surface area contributed by atoms with E-state index in [4.69, 9.17) is 9.84 Å². The topological polar surface area (TPSA) is 46.5 Å². The van der Waals surface area contributed by atoms with E-state index >= 15 is 0 Å². The Morgan fingerprint density at radius 1 is 1.40 bits per heavy atom. The van der Waals surface area contributed by atoms with Gasteiger partial charge >= 0.3 is 5.97 Å². The van der Waals surface area contributed by atoms with Gasteiger partial charge in [-0.15, -0.1) is 0 Å². The highest BCUT2D eigenvalue weighted by Gasteiger charge is 2.10. The van der Waals surface area contributed by atoms with Crippen molar-refractivity contribution in [1.82, 2.24) is 0 Å². The summed E-state index contributed by atoms with van der Waals surface area (Å²) < 4.78 is 4.97. The molecule has 0 rings (SSSR count). The van der Waals surface area contributed by atoms with Crippen LogP contribution in [0.25, 0.3) is 0 Å². The molecule has 3 nitrogen and oxygen atoms in total. The van der Waals surface area contributed by atoms with E-state index < -0.39 is 0 Å². The summed E-state index contributed by atoms with van der Waals surface area (Å²) in [4.78, 5) is 11.5. The Balaban J connectivity index is 4.25. The van der Waals surface area contributed by atoms with Gasteiger partial charge in [-0.05, 0) is 32.1 Å². The van der Waals surface area contributed by atoms with E-state index in [-0.39, 0.29) is 12.6 Å². The second-order valence-electron chi connectivity index (χ2n) is 3.84. The lowest BCUT2D eigenvalue weighted by Crippen LogP contribution is -2.09. The van der Waals surface area contributed by atoms with Crippen LogP contribution in [0.5, 0.6) is 0 Å². The fraction of sp³-hybridized carbons (Fsp3) is 0.750. The van der Waals surface area contributed by atoms with Gasteiger partial charge in [-0.3, -0.25) is 0 Å². The number of rotatable bonds is 7. The molecule has 0 bridgehead atoms. The lowest BCUT2D eigenvalue weighted by atomic mass is 10.0. The first-order chi connectivity index (χ1) is 7.11. The maximum Gasteiger partial charge on any atom is 0.333 e. The molecule has 88 valence electrons. The first kappa shape index (κ1) is 14.2. The zero-order chi connectivity index (χ0) is 11.7. The van der Waals surface area contributed by atoms with E-state index in [1.165, 1.54) is 0 Å². The van der Waals surface area contributed by atoms with Gasteiger partial charge in [0.1, 0.15) is 0 Å². The van der Waals surface area contributed by atoms with Gasteiger partial charge in [0.15, 0.2) is 0 Å². The third-order valence-electron chi connectivity index (χ3n) is 1.93. The summed E-state index contributed by atoms with van der Waals surface area (Å²) in [5.74, 6) is 0.127. The molecule has 0 aliphatic rings. The van der Waals surface area contributed by atoms with Crippen LogP contribution in [0.1, 0.15) is 40.0 Å². The summed E-state index contributed by atoms with van der Waals surface area (Å²) in [6.07, 6.45) is 4.19. The molecule has 0 unspecified atom stereocenters. The zero-order valence-corrected chi connectivity index (χ0v) is 9.95. The molecule has 0 spiro atoms. The van der Waals surface area contributed by atoms with Crippen molar-refractivity contribution >= 4 is 5.97 Å². The molecule has 0 saturated carbocycles. The molecule has 0 aromatic rings. The first-order valence-corrected chi connectivity index (χ1v) is 5.60. The molecule has 0 fully saturated rings. The fourth-order valence-corrected chi connectivity index (χ4v) is 1.31. The van der Waals surface area contributed by atoms with Crippen molar-refractivity contribution in [2.45, 2.75) is 40.0 Å². The Labute approximate surface area is 92.1 Å². The van der Waals surface area contributed by atoms with Crippen molar-refractivity contribution in [3.8, 4) is 0 Å². The quantitative estimate of drug-likeness (QED) is 0.402. The van der Waals surface area contributed by atoms with Gasteiger partial charge in [-0.1, -0.05) is 19.9 Å². The van der Waals surface area contributed by atoms with Crippen molar-refractivity contribution in [2.24, 2.45) is 5.92 Å². The molecular formula is C12H22O3. The van der Waals surface area contributed by atoms with Gasteiger partial charge in [-0.2, -0.15) is 0 Å². The molecule has 0 atom stereocenters. The highest BCUT2D eigenvalue weighted by Crippen LogP contribution is 2.12. The molecule has 0 aromatic heterocycles. The second kappa shape index (κ2) is 8.48. The molecule has 0 radical (unpaired) electrons. The van der Waals surface area contributed by atoms with Crippen molar-refractivity contribution in [3.05, 3.63) is 11.6 Å². The van der Waals surface area contributed by atoms with Crippen LogP contribution in [0, 0.1) is 5.92 Å². The number of aliphatic hydroxyl groups excluding tert-OH is 1. The highest BCUT2D eigenvalue weighted by molar-refractivity contribution is 5.88. The van der Waals surface area contributed by atoms with Crippen LogP contribution in [-0.4, -0.2) is 24.3 Å². The molecule has 1 N–H and O–H groups in total. The minimum Gasteiger partial charge on any atom is -0.463 e. The maximum atomic E-state index is 11.5. The third kappa shape index (κ3) is 7.14. The molecule has 15 heavy (non-hydrogen) atoms. The molecule has 0 amide bonds. The molecule has 0 saturated heterocycles. The van der Waals surface area contributed by atoms with Crippen molar-refractivity contribution in [2.75, 3.05) is 13.2 Å². The summed E-state index contributed by atoms with van der Waals surface area (Å²) in [6.45, 7) is 6.46. The Morgan fingerprint density at radius 3 is 2.53 bits per heavy atom. The van der Waals surface area contributed by atoms with Crippen molar-refractivity contribution in [3.63, 3.8) is 0 Å². The number of aliphatic hydroxyl groups is 1. The predicted molar refractivity (Wildman–Crippen MR) is 60.5 cm³/mol. The molecule has 0 aliphatic heterocycles. The van der Waals surface area contributed by atoms with Gasteiger partial charge in [0.25, 0.3) is 0 Å². The number of esters is 1. The average Bonchev–Trinajstić information content (AvgIpc) is 2.16. The lowest BCUT2D eigenvalue weighted by Gasteiger charge is -2.08. The van der Waals surface area contributed by atoms with E-state index in [2.05, 4.69) is 0 Å². The molecule has 0 heterocycles. The van der Waals surface area contributed by atoms with Crippen molar-refractivity contribution < 1.29 is 14.6 Å². The fourth-order valence-electron chi connectivity index (χ4n) is 1.31. The smallest absolute Gasteiger partial charge is 0.333 e. The average molecular weight is 214 g/mol. The highest BCUT2D eigenvalue weighted by atomic mass is 16.5. The number of hydrogen-bond acceptors (Lipinski definition) is 3. The molecular weight excluding hydrogens is 192 g/mol. The Bertz CT molecular complexity index is 207. The van der Waals surface area contributed by atoms with Crippen LogP contribution < -0.4 is 0 Å². The van der Waals surface area contributed by atoms with E-state index in [1.807, 2.05) is 19.9 Å². The molecule has 0 aliphatic carbocycles. The number of allylic oxidation sites excluding steroid dienone is 1. The van der Waals surface area contributed by atoms with E-state index in [0.717, 1.165) is 18.4 Å². The number of carbonyl (C=O) groups excluding carboxylic acids is 1. The summed E-state index contributed by atoms with van der Waals surface area (Å²) >= 11 is 0. The van der Waals surface area contributed by atoms with Crippen LogP contribution in [0.4, 0.5) is 0 Å². The van der Waals surface area contributed by atoms with E-state index in [1.54, 1.807) is 6.92 Å². The largest absolute Gasteiger partial charge is 0.463 e. The predicted octanol–water partition coefficient (Wildman–Crippen LogP) is 2.29. The van der Waals surface area contributed by atoms with Gasteiger partial charge in [0.2, 0.25) is 0 Å². The summed E-state index contributed by atoms with van der Waals surface area (Å²) in [5.41, 5.74) is 0.736. The number of unbranched alkanes of at least 4 members (excludes halogenated alkanes) is 1. The SMILES string of the molecule is CCOC(=O)C(=CC(C)C)CCCCO. The van der Waals surface area contributed by atoms with Crippen LogP contribution >= 0.6 is 0 Å². The van der Waals surface area contributed by atoms with E-state index in [9.17, 15) is 4.79 Å². The minimum atomic E-state index is -0.218. The Kier molecular flexibility index (Phi) is 8.01. The van der Waals surface area contributed by atoms with Crippen molar-refractivity contribution in [1.29, 1.82) is 0 Å². The Morgan fingerprint density at radius 2 is 2.07 bits per heavy atom. The summed E-state index contributed by atoms with van der Waals surface area (Å²) in [5, 5.41) is 8.67. The number of ether oxygens (including phenoxy) is 1. The summed E-state index contributed by atoms with van der Waals surface area (Å²) in [7, 11) is 0. The van der Waals surface area contributed by atoms with E-state index in [0.29, 0.717) is 18.9 Å². The first-order valence-electron chi connectivity index (χ1n) is 5.60. The van der Waals surface area contributed by atoms with Crippen LogP contribution in [0.15, 0.2) is 11.6 Å². The van der Waals surface area contributed by atoms with Gasteiger partial charge in [0, 0.05) is 12.2 Å². The molecule has 3 heteroatoms.